The Kier molecular flexibility index (Phi) is 5.18. The van der Waals surface area contributed by atoms with E-state index in [4.69, 9.17) is 0 Å². The molecule has 1 aliphatic heterocycles. The Labute approximate surface area is 186 Å². The van der Waals surface area contributed by atoms with Gasteiger partial charge in [-0.05, 0) is 56.6 Å². The predicted molar refractivity (Wildman–Crippen MR) is 122 cm³/mol. The zero-order valence-corrected chi connectivity index (χ0v) is 18.8. The lowest BCUT2D eigenvalue weighted by molar-refractivity contribution is 0.263. The minimum absolute atomic E-state index is 0.0662. The van der Waals surface area contributed by atoms with Gasteiger partial charge in [0.1, 0.15) is 4.90 Å². The number of benzene rings is 1. The number of hydrogen-bond acceptors (Lipinski definition) is 6. The minimum Gasteiger partial charge on any atom is -0.297 e. The van der Waals surface area contributed by atoms with E-state index in [-0.39, 0.29) is 10.9 Å². The fourth-order valence-corrected chi connectivity index (χ4v) is 5.25. The molecule has 10 heteroatoms. The van der Waals surface area contributed by atoms with Crippen LogP contribution in [-0.2, 0) is 17.1 Å². The maximum atomic E-state index is 13.1. The summed E-state index contributed by atoms with van der Waals surface area (Å²) in [6.07, 6.45) is 8.72. The van der Waals surface area contributed by atoms with Gasteiger partial charge in [-0.2, -0.15) is 10.2 Å². The Morgan fingerprint density at radius 2 is 1.91 bits per heavy atom. The van der Waals surface area contributed by atoms with Crippen molar-refractivity contribution < 1.29 is 8.42 Å². The molecule has 9 nitrogen and oxygen atoms in total. The number of hydrogen-bond donors (Lipinski definition) is 1. The van der Waals surface area contributed by atoms with Gasteiger partial charge in [0.2, 0.25) is 0 Å². The zero-order valence-electron chi connectivity index (χ0n) is 18.0. The fourth-order valence-electron chi connectivity index (χ4n) is 4.25. The van der Waals surface area contributed by atoms with E-state index in [0.29, 0.717) is 17.0 Å². The van der Waals surface area contributed by atoms with Crippen LogP contribution in [0.15, 0.2) is 60.0 Å². The van der Waals surface area contributed by atoms with Crippen LogP contribution < -0.4 is 4.72 Å². The molecule has 1 fully saturated rings. The van der Waals surface area contributed by atoms with E-state index in [1.807, 2.05) is 18.2 Å². The molecule has 0 bridgehead atoms. The molecule has 1 unspecified atom stereocenters. The molecule has 0 amide bonds. The summed E-state index contributed by atoms with van der Waals surface area (Å²) in [5, 5.41) is 9.33. The molecule has 4 heterocycles. The van der Waals surface area contributed by atoms with Crippen molar-refractivity contribution in [1.29, 1.82) is 0 Å². The molecule has 0 spiro atoms. The third kappa shape index (κ3) is 3.76. The van der Waals surface area contributed by atoms with Crippen LogP contribution in [0.2, 0.25) is 0 Å². The Balaban J connectivity index is 1.42. The summed E-state index contributed by atoms with van der Waals surface area (Å²) in [5.41, 5.74) is 2.32. The van der Waals surface area contributed by atoms with E-state index < -0.39 is 10.0 Å². The number of nitrogens with zero attached hydrogens (tertiary/aromatic N) is 6. The second-order valence-corrected chi connectivity index (χ2v) is 9.79. The number of aromatic nitrogens is 5. The first-order chi connectivity index (χ1) is 15.4. The van der Waals surface area contributed by atoms with Crippen LogP contribution in [0.1, 0.15) is 31.4 Å². The predicted octanol–water partition coefficient (Wildman–Crippen LogP) is 3.11. The van der Waals surface area contributed by atoms with Crippen molar-refractivity contribution in [3.63, 3.8) is 0 Å². The highest BCUT2D eigenvalue weighted by atomic mass is 32.2. The van der Waals surface area contributed by atoms with Crippen LogP contribution in [0.4, 0.5) is 5.69 Å². The SMILES string of the molecule is CC(c1ccnc(-n2cc(S(=O)(=O)Nc3cccc4cnn(C)c34)cn2)c1)N1CCCC1. The van der Waals surface area contributed by atoms with E-state index in [2.05, 4.69) is 31.7 Å². The summed E-state index contributed by atoms with van der Waals surface area (Å²) in [7, 11) is -2.06. The number of aryl methyl sites for hydroxylation is 1. The molecular formula is C22H25N7O2S. The monoisotopic (exact) mass is 451 g/mol. The van der Waals surface area contributed by atoms with Gasteiger partial charge in [0.15, 0.2) is 5.82 Å². The Morgan fingerprint density at radius 3 is 2.72 bits per heavy atom. The number of pyridine rings is 1. The van der Waals surface area contributed by atoms with E-state index in [0.717, 1.165) is 24.0 Å². The van der Waals surface area contributed by atoms with Gasteiger partial charge in [-0.1, -0.05) is 12.1 Å². The molecule has 0 radical (unpaired) electrons. The van der Waals surface area contributed by atoms with Gasteiger partial charge in [0, 0.05) is 24.7 Å². The molecule has 166 valence electrons. The van der Waals surface area contributed by atoms with Crippen molar-refractivity contribution in [3.05, 3.63) is 60.7 Å². The minimum atomic E-state index is -3.84. The lowest BCUT2D eigenvalue weighted by Crippen LogP contribution is -2.23. The van der Waals surface area contributed by atoms with Crippen LogP contribution in [0.3, 0.4) is 0 Å². The first-order valence-corrected chi connectivity index (χ1v) is 12.1. The molecular weight excluding hydrogens is 426 g/mol. The van der Waals surface area contributed by atoms with Gasteiger partial charge in [0.25, 0.3) is 10.0 Å². The number of para-hydroxylation sites is 1. The first kappa shape index (κ1) is 20.7. The molecule has 0 aliphatic carbocycles. The topological polar surface area (TPSA) is 97.9 Å². The van der Waals surface area contributed by atoms with Crippen LogP contribution in [0.25, 0.3) is 16.7 Å². The smallest absolute Gasteiger partial charge is 0.265 e. The number of nitrogens with one attached hydrogen (secondary N) is 1. The average Bonchev–Trinajstić information content (AvgIpc) is 3.55. The summed E-state index contributed by atoms with van der Waals surface area (Å²) < 4.78 is 31.9. The summed E-state index contributed by atoms with van der Waals surface area (Å²) >= 11 is 0. The van der Waals surface area contributed by atoms with Crippen molar-refractivity contribution >= 4 is 26.6 Å². The maximum Gasteiger partial charge on any atom is 0.265 e. The van der Waals surface area contributed by atoms with Crippen molar-refractivity contribution in [3.8, 4) is 5.82 Å². The highest BCUT2D eigenvalue weighted by molar-refractivity contribution is 7.92. The summed E-state index contributed by atoms with van der Waals surface area (Å²) in [6.45, 7) is 4.38. The molecule has 1 saturated heterocycles. The van der Waals surface area contributed by atoms with Crippen LogP contribution in [0, 0.1) is 0 Å². The van der Waals surface area contributed by atoms with Gasteiger partial charge in [0.05, 0.1) is 29.8 Å². The zero-order chi connectivity index (χ0) is 22.3. The van der Waals surface area contributed by atoms with Crippen LogP contribution >= 0.6 is 0 Å². The van der Waals surface area contributed by atoms with E-state index in [9.17, 15) is 8.42 Å². The molecule has 1 aromatic carbocycles. The number of sulfonamides is 1. The average molecular weight is 452 g/mol. The standard InChI is InChI=1S/C22H25N7O2S/c1-16(28-10-3-4-11-28)17-8-9-23-21(12-17)29-15-19(14-25-29)32(30,31)26-20-7-5-6-18-13-24-27(2)22(18)20/h5-9,12-16,26H,3-4,10-11H2,1-2H3. The fraction of sp³-hybridized carbons (Fsp3) is 0.318. The van der Waals surface area contributed by atoms with Crippen molar-refractivity contribution in [2.75, 3.05) is 17.8 Å². The normalized spacial score (nSPS) is 15.9. The molecule has 3 aromatic heterocycles. The number of anilines is 1. The lowest BCUT2D eigenvalue weighted by Gasteiger charge is -2.24. The van der Waals surface area contributed by atoms with Gasteiger partial charge in [-0.15, -0.1) is 0 Å². The summed E-state index contributed by atoms with van der Waals surface area (Å²) in [4.78, 5) is 6.91. The number of fused-ring (bicyclic) bond motifs is 1. The van der Waals surface area contributed by atoms with Crippen molar-refractivity contribution in [2.24, 2.45) is 7.05 Å². The molecule has 1 N–H and O–H groups in total. The summed E-state index contributed by atoms with van der Waals surface area (Å²) in [6, 6.07) is 9.65. The second kappa shape index (κ2) is 8.03. The van der Waals surface area contributed by atoms with E-state index in [1.54, 1.807) is 36.3 Å². The quantitative estimate of drug-likeness (QED) is 0.484. The number of likely N-dealkylation sites (tertiary alicyclic amines) is 1. The molecule has 4 aromatic rings. The molecule has 32 heavy (non-hydrogen) atoms. The van der Waals surface area contributed by atoms with E-state index >= 15 is 0 Å². The Morgan fingerprint density at radius 1 is 1.09 bits per heavy atom. The van der Waals surface area contributed by atoms with E-state index in [1.165, 1.54) is 29.9 Å². The second-order valence-electron chi connectivity index (χ2n) is 8.10. The molecule has 0 saturated carbocycles. The summed E-state index contributed by atoms with van der Waals surface area (Å²) in [5.74, 6) is 0.587. The first-order valence-electron chi connectivity index (χ1n) is 10.6. The largest absolute Gasteiger partial charge is 0.297 e. The highest BCUT2D eigenvalue weighted by Gasteiger charge is 2.22. The molecule has 5 rings (SSSR count). The van der Waals surface area contributed by atoms with Gasteiger partial charge >= 0.3 is 0 Å². The van der Waals surface area contributed by atoms with Crippen molar-refractivity contribution in [2.45, 2.75) is 30.7 Å². The van der Waals surface area contributed by atoms with Crippen LogP contribution in [0.5, 0.6) is 0 Å². The third-order valence-corrected chi connectivity index (χ3v) is 7.37. The van der Waals surface area contributed by atoms with Gasteiger partial charge < -0.3 is 0 Å². The lowest BCUT2D eigenvalue weighted by atomic mass is 10.1. The van der Waals surface area contributed by atoms with Crippen LogP contribution in [-0.4, -0.2) is 51.0 Å². The molecule has 1 aliphatic rings. The maximum absolute atomic E-state index is 13.1. The van der Waals surface area contributed by atoms with Crippen molar-refractivity contribution in [1.82, 2.24) is 29.4 Å². The Bertz CT molecular complexity index is 1370. The molecule has 1 atom stereocenters. The number of rotatable bonds is 6. The third-order valence-electron chi connectivity index (χ3n) is 6.05. The Hall–Kier alpha value is -3.24. The highest BCUT2D eigenvalue weighted by Crippen LogP contribution is 2.27. The van der Waals surface area contributed by atoms with Gasteiger partial charge in [-0.3, -0.25) is 14.3 Å². The van der Waals surface area contributed by atoms with Gasteiger partial charge in [-0.25, -0.2) is 18.1 Å².